The Morgan fingerprint density at radius 1 is 1.64 bits per heavy atom. The topological polar surface area (TPSA) is 15.3 Å². The molecule has 66 valence electrons. The van der Waals surface area contributed by atoms with Crippen molar-refractivity contribution in [3.8, 4) is 0 Å². The van der Waals surface area contributed by atoms with Crippen LogP contribution < -0.4 is 5.32 Å². The fourth-order valence-corrected chi connectivity index (χ4v) is 1.99. The van der Waals surface area contributed by atoms with Gasteiger partial charge in [-0.1, -0.05) is 22.9 Å². The molecular weight excluding hydrogens is 204 g/mol. The Balaban J connectivity index is 2.21. The number of alkyl halides is 1. The zero-order valence-electron chi connectivity index (χ0n) is 7.15. The van der Waals surface area contributed by atoms with Crippen molar-refractivity contribution in [1.82, 2.24) is 10.2 Å². The minimum atomic E-state index is 0.725. The van der Waals surface area contributed by atoms with Crippen LogP contribution in [0.3, 0.4) is 0 Å². The highest BCUT2D eigenvalue weighted by atomic mass is 79.9. The highest BCUT2D eigenvalue weighted by Gasteiger charge is 2.16. The van der Waals surface area contributed by atoms with E-state index in [1.54, 1.807) is 0 Å². The highest BCUT2D eigenvalue weighted by Crippen LogP contribution is 2.02. The van der Waals surface area contributed by atoms with Gasteiger partial charge in [0.1, 0.15) is 0 Å². The van der Waals surface area contributed by atoms with Gasteiger partial charge in [-0.05, 0) is 6.42 Å². The molecular formula is C8H17BrN2. The van der Waals surface area contributed by atoms with Gasteiger partial charge in [-0.3, -0.25) is 4.90 Å². The Kier molecular flexibility index (Phi) is 4.41. The minimum Gasteiger partial charge on any atom is -0.311 e. The molecule has 0 saturated carbocycles. The quantitative estimate of drug-likeness (QED) is 0.717. The first-order chi connectivity index (χ1) is 5.36. The lowest BCUT2D eigenvalue weighted by molar-refractivity contribution is 0.208. The molecule has 11 heavy (non-hydrogen) atoms. The molecule has 1 saturated heterocycles. The van der Waals surface area contributed by atoms with Crippen LogP contribution in [-0.4, -0.2) is 42.5 Å². The molecule has 0 aromatic heterocycles. The molecule has 0 amide bonds. The van der Waals surface area contributed by atoms with Crippen LogP contribution in [0.2, 0.25) is 0 Å². The molecule has 3 heteroatoms. The predicted molar refractivity (Wildman–Crippen MR) is 52.3 cm³/mol. The van der Waals surface area contributed by atoms with E-state index in [0.29, 0.717) is 0 Å². The number of rotatable bonds is 3. The molecule has 0 aromatic carbocycles. The van der Waals surface area contributed by atoms with Crippen LogP contribution in [-0.2, 0) is 0 Å². The third-order valence-electron chi connectivity index (χ3n) is 2.23. The Morgan fingerprint density at radius 3 is 3.09 bits per heavy atom. The molecule has 1 aliphatic rings. The first-order valence-electron chi connectivity index (χ1n) is 4.38. The van der Waals surface area contributed by atoms with Crippen molar-refractivity contribution < 1.29 is 0 Å². The molecule has 1 N–H and O–H groups in total. The van der Waals surface area contributed by atoms with Crippen molar-refractivity contribution in [1.29, 1.82) is 0 Å². The summed E-state index contributed by atoms with van der Waals surface area (Å²) in [6.07, 6.45) is 1.25. The van der Waals surface area contributed by atoms with Gasteiger partial charge in [0.05, 0.1) is 0 Å². The number of hydrogen-bond donors (Lipinski definition) is 1. The third-order valence-corrected chi connectivity index (χ3v) is 2.59. The van der Waals surface area contributed by atoms with Gasteiger partial charge in [-0.15, -0.1) is 0 Å². The van der Waals surface area contributed by atoms with Gasteiger partial charge in [0.2, 0.25) is 0 Å². The van der Waals surface area contributed by atoms with Gasteiger partial charge in [0.25, 0.3) is 0 Å². The van der Waals surface area contributed by atoms with E-state index >= 15 is 0 Å². The van der Waals surface area contributed by atoms with Gasteiger partial charge in [0, 0.05) is 37.6 Å². The zero-order chi connectivity index (χ0) is 8.10. The van der Waals surface area contributed by atoms with Crippen molar-refractivity contribution in [3.63, 3.8) is 0 Å². The van der Waals surface area contributed by atoms with Crippen LogP contribution in [0.15, 0.2) is 0 Å². The molecule has 1 fully saturated rings. The van der Waals surface area contributed by atoms with E-state index in [2.05, 4.69) is 33.1 Å². The Labute approximate surface area is 77.5 Å². The fraction of sp³-hybridized carbons (Fsp3) is 1.00. The van der Waals surface area contributed by atoms with Crippen molar-refractivity contribution in [2.75, 3.05) is 31.5 Å². The van der Waals surface area contributed by atoms with E-state index in [-0.39, 0.29) is 0 Å². The summed E-state index contributed by atoms with van der Waals surface area (Å²) in [5.41, 5.74) is 0. The van der Waals surface area contributed by atoms with Crippen LogP contribution in [0.4, 0.5) is 0 Å². The number of hydrogen-bond acceptors (Lipinski definition) is 2. The second kappa shape index (κ2) is 5.12. The molecule has 1 heterocycles. The van der Waals surface area contributed by atoms with Gasteiger partial charge in [-0.25, -0.2) is 0 Å². The molecule has 1 atom stereocenters. The van der Waals surface area contributed by atoms with Crippen LogP contribution in [0.25, 0.3) is 0 Å². The summed E-state index contributed by atoms with van der Waals surface area (Å²) in [4.78, 5) is 2.51. The number of halogens is 1. The molecule has 0 bridgehead atoms. The van der Waals surface area contributed by atoms with Gasteiger partial charge in [-0.2, -0.15) is 0 Å². The average molecular weight is 221 g/mol. The SMILES string of the molecule is CCC1CN(CCBr)CCN1. The van der Waals surface area contributed by atoms with E-state index in [4.69, 9.17) is 0 Å². The number of nitrogens with zero attached hydrogens (tertiary/aromatic N) is 1. The van der Waals surface area contributed by atoms with Gasteiger partial charge in [0.15, 0.2) is 0 Å². The monoisotopic (exact) mass is 220 g/mol. The fourth-order valence-electron chi connectivity index (χ4n) is 1.49. The molecule has 1 unspecified atom stereocenters. The Bertz CT molecular complexity index is 106. The summed E-state index contributed by atoms with van der Waals surface area (Å²) in [6.45, 7) is 7.03. The van der Waals surface area contributed by atoms with Crippen molar-refractivity contribution >= 4 is 15.9 Å². The second-order valence-corrected chi connectivity index (χ2v) is 3.84. The van der Waals surface area contributed by atoms with Crippen molar-refractivity contribution in [2.45, 2.75) is 19.4 Å². The summed E-state index contributed by atoms with van der Waals surface area (Å²) < 4.78 is 0. The first-order valence-corrected chi connectivity index (χ1v) is 5.50. The molecule has 0 aliphatic carbocycles. The largest absolute Gasteiger partial charge is 0.311 e. The first kappa shape index (κ1) is 9.49. The van der Waals surface area contributed by atoms with Crippen LogP contribution in [0, 0.1) is 0 Å². The van der Waals surface area contributed by atoms with Crippen LogP contribution in [0.5, 0.6) is 0 Å². The third kappa shape index (κ3) is 3.09. The summed E-state index contributed by atoms with van der Waals surface area (Å²) in [7, 11) is 0. The van der Waals surface area contributed by atoms with E-state index in [1.807, 2.05) is 0 Å². The Morgan fingerprint density at radius 2 is 2.45 bits per heavy atom. The summed E-state index contributed by atoms with van der Waals surface area (Å²) >= 11 is 3.46. The lowest BCUT2D eigenvalue weighted by Crippen LogP contribution is -2.50. The average Bonchev–Trinajstić information content (AvgIpc) is 2.06. The number of nitrogens with one attached hydrogen (secondary N) is 1. The van der Waals surface area contributed by atoms with Crippen LogP contribution in [0.1, 0.15) is 13.3 Å². The molecule has 1 rings (SSSR count). The second-order valence-electron chi connectivity index (χ2n) is 3.05. The van der Waals surface area contributed by atoms with E-state index in [1.165, 1.54) is 26.1 Å². The van der Waals surface area contributed by atoms with Gasteiger partial charge < -0.3 is 5.32 Å². The standard InChI is InChI=1S/C8H17BrN2/c1-2-8-7-11(5-3-9)6-4-10-8/h8,10H,2-7H2,1H3. The van der Waals surface area contributed by atoms with Gasteiger partial charge >= 0.3 is 0 Å². The van der Waals surface area contributed by atoms with E-state index in [9.17, 15) is 0 Å². The lowest BCUT2D eigenvalue weighted by atomic mass is 10.1. The summed E-state index contributed by atoms with van der Waals surface area (Å²) in [5.74, 6) is 0. The molecule has 0 aromatic rings. The summed E-state index contributed by atoms with van der Waals surface area (Å²) in [6, 6.07) is 0.725. The molecule has 1 aliphatic heterocycles. The smallest absolute Gasteiger partial charge is 0.0192 e. The maximum absolute atomic E-state index is 3.50. The van der Waals surface area contributed by atoms with E-state index < -0.39 is 0 Å². The molecule has 0 radical (unpaired) electrons. The maximum Gasteiger partial charge on any atom is 0.0192 e. The minimum absolute atomic E-state index is 0.725. The number of piperazine rings is 1. The normalized spacial score (nSPS) is 27.3. The lowest BCUT2D eigenvalue weighted by Gasteiger charge is -2.32. The maximum atomic E-state index is 3.50. The van der Waals surface area contributed by atoms with Crippen molar-refractivity contribution in [2.24, 2.45) is 0 Å². The zero-order valence-corrected chi connectivity index (χ0v) is 8.73. The Hall–Kier alpha value is 0.400. The molecule has 2 nitrogen and oxygen atoms in total. The molecule has 0 spiro atoms. The van der Waals surface area contributed by atoms with E-state index in [0.717, 1.165) is 17.9 Å². The predicted octanol–water partition coefficient (Wildman–Crippen LogP) is 1.07. The van der Waals surface area contributed by atoms with Crippen molar-refractivity contribution in [3.05, 3.63) is 0 Å². The summed E-state index contributed by atoms with van der Waals surface area (Å²) in [5, 5.41) is 4.60. The highest BCUT2D eigenvalue weighted by molar-refractivity contribution is 9.09. The van der Waals surface area contributed by atoms with Crippen LogP contribution >= 0.6 is 15.9 Å².